The van der Waals surface area contributed by atoms with Crippen LogP contribution in [0.4, 0.5) is 34.1 Å². The minimum absolute atomic E-state index is 0.0812. The van der Waals surface area contributed by atoms with Gasteiger partial charge < -0.3 is 14.4 Å². The van der Waals surface area contributed by atoms with Crippen LogP contribution in [0.2, 0.25) is 0 Å². The number of aromatic nitrogens is 1. The normalized spacial score (nSPS) is 13.7. The molecule has 8 aromatic carbocycles. The molecule has 0 N–H and O–H groups in total. The van der Waals surface area contributed by atoms with Crippen molar-refractivity contribution < 1.29 is 0 Å². The van der Waals surface area contributed by atoms with E-state index in [9.17, 15) is 0 Å². The predicted octanol–water partition coefficient (Wildman–Crippen LogP) is 12.2. The molecule has 5 heteroatoms. The van der Waals surface area contributed by atoms with Crippen LogP contribution in [0.25, 0.3) is 27.8 Å². The predicted molar refractivity (Wildman–Crippen MR) is 245 cm³/mol. The zero-order valence-electron chi connectivity index (χ0n) is 32.3. The highest BCUT2D eigenvalue weighted by Crippen LogP contribution is 2.55. The Morgan fingerprint density at radius 3 is 1.66 bits per heavy atom. The monoisotopic (exact) mass is 759 g/mol. The molecule has 9 aromatic rings. The number of fused-ring (bicyclic) bond motifs is 9. The van der Waals surface area contributed by atoms with Crippen molar-refractivity contribution in [3.05, 3.63) is 205 Å². The smallest absolute Gasteiger partial charge is 0.249 e. The lowest BCUT2D eigenvalue weighted by atomic mass is 9.35. The van der Waals surface area contributed by atoms with E-state index in [1.165, 1.54) is 65.2 Å². The van der Waals surface area contributed by atoms with Crippen LogP contribution in [-0.2, 0) is 5.41 Å². The van der Waals surface area contributed by atoms with Crippen LogP contribution in [0.1, 0.15) is 25.0 Å². The molecule has 0 spiro atoms. The van der Waals surface area contributed by atoms with Gasteiger partial charge in [-0.15, -0.1) is 0 Å². The van der Waals surface area contributed by atoms with Crippen molar-refractivity contribution in [2.45, 2.75) is 29.1 Å². The molecule has 0 amide bonds. The topological polar surface area (TPSA) is 11.4 Å². The van der Waals surface area contributed by atoms with Crippen LogP contribution in [0.3, 0.4) is 0 Å². The van der Waals surface area contributed by atoms with E-state index >= 15 is 0 Å². The van der Waals surface area contributed by atoms with E-state index < -0.39 is 0 Å². The van der Waals surface area contributed by atoms with Gasteiger partial charge in [-0.25, -0.2) is 0 Å². The molecule has 3 heterocycles. The summed E-state index contributed by atoms with van der Waals surface area (Å²) in [5, 5.41) is 1.35. The minimum atomic E-state index is -0.144. The summed E-state index contributed by atoms with van der Waals surface area (Å²) in [7, 11) is 0. The molecule has 0 unspecified atom stereocenters. The van der Waals surface area contributed by atoms with Crippen LogP contribution in [-0.4, -0.2) is 11.3 Å². The second-order valence-electron chi connectivity index (χ2n) is 16.1. The highest BCUT2D eigenvalue weighted by atomic mass is 32.2. The maximum absolute atomic E-state index is 2.65. The van der Waals surface area contributed by atoms with Crippen molar-refractivity contribution in [2.75, 3.05) is 9.80 Å². The lowest BCUT2D eigenvalue weighted by Crippen LogP contribution is -2.58. The molecule has 3 aliphatic rings. The third kappa shape index (κ3) is 4.77. The van der Waals surface area contributed by atoms with E-state index in [0.717, 1.165) is 34.1 Å². The number of rotatable bonds is 6. The van der Waals surface area contributed by atoms with Crippen molar-refractivity contribution in [3.8, 4) is 16.9 Å². The van der Waals surface area contributed by atoms with E-state index in [4.69, 9.17) is 0 Å². The van der Waals surface area contributed by atoms with Gasteiger partial charge in [0.15, 0.2) is 0 Å². The van der Waals surface area contributed by atoms with Crippen LogP contribution >= 0.6 is 11.8 Å². The minimum Gasteiger partial charge on any atom is -0.310 e. The third-order valence-electron chi connectivity index (χ3n) is 12.5. The second kappa shape index (κ2) is 12.7. The van der Waals surface area contributed by atoms with Gasteiger partial charge in [-0.2, -0.15) is 0 Å². The highest BCUT2D eigenvalue weighted by Gasteiger charge is 2.46. The van der Waals surface area contributed by atoms with E-state index in [2.05, 4.69) is 222 Å². The summed E-state index contributed by atoms with van der Waals surface area (Å²) in [4.78, 5) is 7.38. The van der Waals surface area contributed by atoms with E-state index in [0.29, 0.717) is 0 Å². The van der Waals surface area contributed by atoms with Gasteiger partial charge in [0, 0.05) is 71.5 Å². The van der Waals surface area contributed by atoms with Gasteiger partial charge in [0.2, 0.25) is 6.71 Å². The molecule has 274 valence electrons. The zero-order valence-corrected chi connectivity index (χ0v) is 33.1. The van der Waals surface area contributed by atoms with Crippen LogP contribution < -0.4 is 26.2 Å². The first-order valence-electron chi connectivity index (χ1n) is 20.1. The Hall–Kier alpha value is -6.69. The Kier molecular flexibility index (Phi) is 7.30. The summed E-state index contributed by atoms with van der Waals surface area (Å²) in [5.41, 5.74) is 18.9. The second-order valence-corrected chi connectivity index (χ2v) is 17.2. The Morgan fingerprint density at radius 1 is 0.483 bits per heavy atom. The Labute approximate surface area is 343 Å². The maximum atomic E-state index is 2.65. The standard InChI is InChI=1S/C53H38BN3S/c1-53(2)43-28-16-15-26-41(43)52-49(53)42-27-17-29-45-51(42)57(52)46-32-40(56(37-22-11-5-12-23-37)38-24-13-6-14-25-38)34-48-50(46)54(45)44-31-30-39(33-47(44)58-48)55(35-18-7-3-8-19-35)36-20-9-4-10-21-36/h3-34H,1-2H3. The summed E-state index contributed by atoms with van der Waals surface area (Å²) < 4.78 is 2.65. The van der Waals surface area contributed by atoms with Gasteiger partial charge in [-0.1, -0.05) is 152 Å². The Bertz CT molecular complexity index is 2990. The van der Waals surface area contributed by atoms with E-state index in [1.807, 2.05) is 11.8 Å². The van der Waals surface area contributed by atoms with Crippen molar-refractivity contribution in [1.82, 2.24) is 4.57 Å². The molecule has 12 rings (SSSR count). The largest absolute Gasteiger partial charge is 0.310 e. The molecule has 0 radical (unpaired) electrons. The van der Waals surface area contributed by atoms with Crippen LogP contribution in [0, 0.1) is 0 Å². The highest BCUT2D eigenvalue weighted by molar-refractivity contribution is 8.00. The molecular formula is C53H38BN3S. The van der Waals surface area contributed by atoms with Crippen LogP contribution in [0.15, 0.2) is 204 Å². The molecule has 1 aliphatic carbocycles. The van der Waals surface area contributed by atoms with Gasteiger partial charge >= 0.3 is 0 Å². The molecule has 1 aromatic heterocycles. The third-order valence-corrected chi connectivity index (χ3v) is 13.7. The fraction of sp³-hybridized carbons (Fsp3) is 0.0566. The fourth-order valence-electron chi connectivity index (χ4n) is 10.2. The van der Waals surface area contributed by atoms with Crippen molar-refractivity contribution in [1.29, 1.82) is 0 Å². The molecule has 58 heavy (non-hydrogen) atoms. The fourth-order valence-corrected chi connectivity index (χ4v) is 11.4. The average Bonchev–Trinajstić information content (AvgIpc) is 3.75. The van der Waals surface area contributed by atoms with Gasteiger partial charge in [0.05, 0.1) is 5.69 Å². The summed E-state index contributed by atoms with van der Waals surface area (Å²) in [6.07, 6.45) is 0. The van der Waals surface area contributed by atoms with Gasteiger partial charge in [0.25, 0.3) is 0 Å². The molecule has 0 fully saturated rings. The Morgan fingerprint density at radius 2 is 1.03 bits per heavy atom. The first-order valence-corrected chi connectivity index (χ1v) is 21.0. The number of anilines is 6. The molecule has 0 saturated carbocycles. The number of para-hydroxylation sites is 5. The summed E-state index contributed by atoms with van der Waals surface area (Å²) in [6, 6.07) is 71.3. The first-order chi connectivity index (χ1) is 28.6. The lowest BCUT2D eigenvalue weighted by molar-refractivity contribution is 0.666. The maximum Gasteiger partial charge on any atom is 0.249 e. The van der Waals surface area contributed by atoms with Crippen molar-refractivity contribution in [2.24, 2.45) is 0 Å². The molecule has 2 aliphatic heterocycles. The quantitative estimate of drug-likeness (QED) is 0.157. The molecule has 0 bridgehead atoms. The van der Waals surface area contributed by atoms with Gasteiger partial charge in [-0.05, 0) is 94.8 Å². The average molecular weight is 760 g/mol. The van der Waals surface area contributed by atoms with Gasteiger partial charge in [-0.3, -0.25) is 0 Å². The molecule has 0 saturated heterocycles. The lowest BCUT2D eigenvalue weighted by Gasteiger charge is -2.36. The van der Waals surface area contributed by atoms with Crippen molar-refractivity contribution in [3.63, 3.8) is 0 Å². The number of hydrogen-bond acceptors (Lipinski definition) is 3. The van der Waals surface area contributed by atoms with Crippen LogP contribution in [0.5, 0.6) is 0 Å². The van der Waals surface area contributed by atoms with E-state index in [1.54, 1.807) is 0 Å². The van der Waals surface area contributed by atoms with Crippen molar-refractivity contribution >= 4 is 79.9 Å². The first kappa shape index (κ1) is 33.5. The van der Waals surface area contributed by atoms with E-state index in [-0.39, 0.29) is 12.1 Å². The summed E-state index contributed by atoms with van der Waals surface area (Å²) in [5.74, 6) is 0. The SMILES string of the molecule is CC1(C)c2ccccc2-c2c1c1cccc3c1n2-c1cc(N(c2ccccc2)c2ccccc2)cc2c1B3c1ccc(N(c3ccccc3)c3ccccc3)cc1S2. The number of hydrogen-bond donors (Lipinski definition) is 0. The Balaban J connectivity index is 1.15. The molecule has 3 nitrogen and oxygen atoms in total. The van der Waals surface area contributed by atoms with Gasteiger partial charge in [0.1, 0.15) is 0 Å². The summed E-state index contributed by atoms with van der Waals surface area (Å²) in [6.45, 7) is 4.90. The number of nitrogens with zero attached hydrogens (tertiary/aromatic N) is 3. The summed E-state index contributed by atoms with van der Waals surface area (Å²) >= 11 is 1.91. The number of benzene rings is 8. The molecular weight excluding hydrogens is 721 g/mol. The zero-order chi connectivity index (χ0) is 38.5. The molecule has 0 atom stereocenters.